The second-order valence-corrected chi connectivity index (χ2v) is 7.23. The summed E-state index contributed by atoms with van der Waals surface area (Å²) >= 11 is 1.77. The van der Waals surface area contributed by atoms with E-state index in [1.165, 1.54) is 4.88 Å². The molecule has 3 N–H and O–H groups in total. The van der Waals surface area contributed by atoms with E-state index >= 15 is 0 Å². The molecule has 130 valence electrons. The molecule has 0 atom stereocenters. The third kappa shape index (κ3) is 6.66. The number of hydrogen-bond donors (Lipinski definition) is 3. The highest BCUT2D eigenvalue weighted by Gasteiger charge is 2.29. The van der Waals surface area contributed by atoms with Crippen LogP contribution in [0.5, 0.6) is 0 Å². The summed E-state index contributed by atoms with van der Waals surface area (Å²) < 4.78 is 0. The van der Waals surface area contributed by atoms with Gasteiger partial charge in [0, 0.05) is 42.9 Å². The van der Waals surface area contributed by atoms with Crippen LogP contribution < -0.4 is 16.0 Å². The van der Waals surface area contributed by atoms with Gasteiger partial charge in [0.2, 0.25) is 5.91 Å². The predicted molar refractivity (Wildman–Crippen MR) is 108 cm³/mol. The highest BCUT2D eigenvalue weighted by molar-refractivity contribution is 14.0. The molecule has 1 heterocycles. The minimum Gasteiger partial charge on any atom is -0.356 e. The van der Waals surface area contributed by atoms with E-state index in [1.54, 1.807) is 18.4 Å². The Bertz CT molecular complexity index is 512. The third-order valence-electron chi connectivity index (χ3n) is 3.77. The standard InChI is InChI=1S/C16H26N4OS.HI/c1-16(2,13-5-4-10-22-13)11-20-15(17-3)19-9-8-18-14(21)12-6-7-12;/h4-5,10,12H,6-9,11H2,1-3H3,(H,18,21)(H2,17,19,20);1H. The molecular weight excluding hydrogens is 423 g/mol. The first-order valence-electron chi connectivity index (χ1n) is 7.79. The molecule has 0 bridgehead atoms. The van der Waals surface area contributed by atoms with Crippen molar-refractivity contribution in [3.05, 3.63) is 22.4 Å². The zero-order valence-corrected chi connectivity index (χ0v) is 17.2. The van der Waals surface area contributed by atoms with Crippen molar-refractivity contribution in [1.82, 2.24) is 16.0 Å². The molecule has 0 aromatic carbocycles. The third-order valence-corrected chi connectivity index (χ3v) is 5.01. The summed E-state index contributed by atoms with van der Waals surface area (Å²) in [5, 5.41) is 11.6. The van der Waals surface area contributed by atoms with Crippen LogP contribution in [0, 0.1) is 5.92 Å². The zero-order chi connectivity index (χ0) is 16.0. The van der Waals surface area contributed by atoms with Crippen LogP contribution in [-0.4, -0.2) is 38.5 Å². The number of halogens is 1. The summed E-state index contributed by atoms with van der Waals surface area (Å²) in [7, 11) is 1.76. The highest BCUT2D eigenvalue weighted by Crippen LogP contribution is 2.28. The number of nitrogens with zero attached hydrogens (tertiary/aromatic N) is 1. The van der Waals surface area contributed by atoms with Gasteiger partial charge in [-0.2, -0.15) is 0 Å². The molecule has 23 heavy (non-hydrogen) atoms. The summed E-state index contributed by atoms with van der Waals surface area (Å²) in [4.78, 5) is 17.1. The minimum atomic E-state index is 0. The molecule has 1 saturated carbocycles. The number of nitrogens with one attached hydrogen (secondary N) is 3. The molecule has 0 radical (unpaired) electrons. The van der Waals surface area contributed by atoms with E-state index in [0.717, 1.165) is 25.3 Å². The normalized spacial score (nSPS) is 14.8. The lowest BCUT2D eigenvalue weighted by atomic mass is 9.91. The topological polar surface area (TPSA) is 65.5 Å². The van der Waals surface area contributed by atoms with E-state index < -0.39 is 0 Å². The number of guanidine groups is 1. The number of aliphatic imine (C=N–C) groups is 1. The molecule has 1 amide bonds. The summed E-state index contributed by atoms with van der Waals surface area (Å²) in [6.07, 6.45) is 2.08. The van der Waals surface area contributed by atoms with Crippen LogP contribution in [-0.2, 0) is 10.2 Å². The van der Waals surface area contributed by atoms with Crippen LogP contribution in [0.2, 0.25) is 0 Å². The fourth-order valence-electron chi connectivity index (χ4n) is 2.13. The predicted octanol–water partition coefficient (Wildman–Crippen LogP) is 2.33. The maximum atomic E-state index is 11.5. The highest BCUT2D eigenvalue weighted by atomic mass is 127. The quantitative estimate of drug-likeness (QED) is 0.259. The van der Waals surface area contributed by atoms with Crippen molar-refractivity contribution in [1.29, 1.82) is 0 Å². The van der Waals surface area contributed by atoms with Gasteiger partial charge < -0.3 is 16.0 Å². The van der Waals surface area contributed by atoms with Crippen LogP contribution in [0.15, 0.2) is 22.5 Å². The van der Waals surface area contributed by atoms with Crippen LogP contribution in [0.3, 0.4) is 0 Å². The smallest absolute Gasteiger partial charge is 0.223 e. The fraction of sp³-hybridized carbons (Fsp3) is 0.625. The first-order chi connectivity index (χ1) is 10.5. The minimum absolute atomic E-state index is 0. The van der Waals surface area contributed by atoms with Crippen LogP contribution in [0.4, 0.5) is 0 Å². The van der Waals surface area contributed by atoms with E-state index in [-0.39, 0.29) is 41.2 Å². The molecule has 2 rings (SSSR count). The molecule has 5 nitrogen and oxygen atoms in total. The van der Waals surface area contributed by atoms with Gasteiger partial charge in [0.1, 0.15) is 0 Å². The zero-order valence-electron chi connectivity index (χ0n) is 14.0. The lowest BCUT2D eigenvalue weighted by Crippen LogP contribution is -2.45. The SMILES string of the molecule is CN=C(NCCNC(=O)C1CC1)NCC(C)(C)c1cccs1.I. The Hall–Kier alpha value is -0.830. The second-order valence-electron chi connectivity index (χ2n) is 6.28. The van der Waals surface area contributed by atoms with Crippen molar-refractivity contribution in [2.75, 3.05) is 26.7 Å². The average molecular weight is 450 g/mol. The lowest BCUT2D eigenvalue weighted by Gasteiger charge is -2.25. The van der Waals surface area contributed by atoms with Crippen molar-refractivity contribution in [3.63, 3.8) is 0 Å². The van der Waals surface area contributed by atoms with Crippen molar-refractivity contribution < 1.29 is 4.79 Å². The molecule has 1 aromatic heterocycles. The number of hydrogen-bond acceptors (Lipinski definition) is 3. The van der Waals surface area contributed by atoms with Gasteiger partial charge in [-0.25, -0.2) is 0 Å². The van der Waals surface area contributed by atoms with E-state index in [0.29, 0.717) is 13.1 Å². The lowest BCUT2D eigenvalue weighted by molar-refractivity contribution is -0.122. The summed E-state index contributed by atoms with van der Waals surface area (Å²) in [5.41, 5.74) is 0.0615. The Balaban J connectivity index is 0.00000264. The number of rotatable bonds is 7. The first kappa shape index (κ1) is 20.2. The van der Waals surface area contributed by atoms with Crippen molar-refractivity contribution in [2.24, 2.45) is 10.9 Å². The molecular formula is C16H27IN4OS. The molecule has 0 unspecified atom stereocenters. The number of amides is 1. The van der Waals surface area contributed by atoms with Crippen molar-refractivity contribution in [2.45, 2.75) is 32.1 Å². The maximum Gasteiger partial charge on any atom is 0.223 e. The summed E-state index contributed by atoms with van der Waals surface area (Å²) in [6.45, 7) is 6.55. The Morgan fingerprint density at radius 1 is 1.30 bits per heavy atom. The molecule has 1 aliphatic carbocycles. The number of thiophene rings is 1. The van der Waals surface area contributed by atoms with Crippen LogP contribution in [0.1, 0.15) is 31.6 Å². The Morgan fingerprint density at radius 2 is 2.00 bits per heavy atom. The second kappa shape index (κ2) is 9.46. The number of carbonyl (C=O) groups excluding carboxylic acids is 1. The molecule has 7 heteroatoms. The van der Waals surface area contributed by atoms with E-state index in [2.05, 4.69) is 52.3 Å². The largest absolute Gasteiger partial charge is 0.356 e. The van der Waals surface area contributed by atoms with Gasteiger partial charge in [0.25, 0.3) is 0 Å². The average Bonchev–Trinajstić information content (AvgIpc) is 3.20. The Morgan fingerprint density at radius 3 is 2.57 bits per heavy atom. The monoisotopic (exact) mass is 450 g/mol. The fourth-order valence-corrected chi connectivity index (χ4v) is 2.98. The molecule has 1 fully saturated rings. The van der Waals surface area contributed by atoms with Gasteiger partial charge in [-0.1, -0.05) is 19.9 Å². The van der Waals surface area contributed by atoms with E-state index in [4.69, 9.17) is 0 Å². The van der Waals surface area contributed by atoms with Crippen LogP contribution in [0.25, 0.3) is 0 Å². The van der Waals surface area contributed by atoms with Gasteiger partial charge in [-0.05, 0) is 24.3 Å². The molecule has 0 aliphatic heterocycles. The van der Waals surface area contributed by atoms with Gasteiger partial charge in [-0.3, -0.25) is 9.79 Å². The van der Waals surface area contributed by atoms with Gasteiger partial charge in [0.15, 0.2) is 5.96 Å². The van der Waals surface area contributed by atoms with Crippen molar-refractivity contribution in [3.8, 4) is 0 Å². The van der Waals surface area contributed by atoms with Gasteiger partial charge in [-0.15, -0.1) is 35.3 Å². The van der Waals surface area contributed by atoms with E-state index in [9.17, 15) is 4.79 Å². The van der Waals surface area contributed by atoms with Crippen molar-refractivity contribution >= 4 is 47.2 Å². The van der Waals surface area contributed by atoms with Gasteiger partial charge >= 0.3 is 0 Å². The maximum absolute atomic E-state index is 11.5. The van der Waals surface area contributed by atoms with E-state index in [1.807, 2.05) is 0 Å². The first-order valence-corrected chi connectivity index (χ1v) is 8.67. The molecule has 0 spiro atoms. The Kier molecular flexibility index (Phi) is 8.32. The summed E-state index contributed by atoms with van der Waals surface area (Å²) in [5.74, 6) is 1.22. The van der Waals surface area contributed by atoms with Gasteiger partial charge in [0.05, 0.1) is 0 Å². The molecule has 0 saturated heterocycles. The Labute approximate surface area is 159 Å². The summed E-state index contributed by atoms with van der Waals surface area (Å²) in [6, 6.07) is 4.24. The number of carbonyl (C=O) groups is 1. The molecule has 1 aliphatic rings. The van der Waals surface area contributed by atoms with Crippen LogP contribution >= 0.6 is 35.3 Å². The molecule has 1 aromatic rings.